The molecule has 2 aromatic rings. The van der Waals surface area contributed by atoms with Gasteiger partial charge in [0.1, 0.15) is 0 Å². The van der Waals surface area contributed by atoms with Gasteiger partial charge in [-0.1, -0.05) is 43.3 Å². The van der Waals surface area contributed by atoms with E-state index in [1.165, 1.54) is 17.3 Å². The van der Waals surface area contributed by atoms with Gasteiger partial charge in [-0.25, -0.2) is 9.89 Å². The van der Waals surface area contributed by atoms with Gasteiger partial charge in [0.2, 0.25) is 5.91 Å². The number of rotatable bonds is 6. The lowest BCUT2D eigenvalue weighted by molar-refractivity contribution is -0.116. The van der Waals surface area contributed by atoms with Gasteiger partial charge in [0, 0.05) is 18.3 Å². The number of benzene rings is 1. The average Bonchev–Trinajstić information content (AvgIpc) is 2.97. The summed E-state index contributed by atoms with van der Waals surface area (Å²) < 4.78 is 1.62. The molecule has 0 radical (unpaired) electrons. The number of H-pyrrole nitrogens is 1. The Morgan fingerprint density at radius 1 is 1.40 bits per heavy atom. The monoisotopic (exact) mass is 360 g/mol. The van der Waals surface area contributed by atoms with Gasteiger partial charge in [-0.15, -0.1) is 5.10 Å². The van der Waals surface area contributed by atoms with Crippen LogP contribution in [-0.2, 0) is 17.8 Å². The van der Waals surface area contributed by atoms with Crippen molar-refractivity contribution >= 4 is 23.4 Å². The first-order chi connectivity index (χ1) is 12.1. The summed E-state index contributed by atoms with van der Waals surface area (Å²) in [7, 11) is 0. The number of aromatic nitrogens is 3. The molecule has 0 saturated carbocycles. The van der Waals surface area contributed by atoms with Gasteiger partial charge in [0.25, 0.3) is 0 Å². The van der Waals surface area contributed by atoms with Gasteiger partial charge >= 0.3 is 5.69 Å². The largest absolute Gasteiger partial charge is 0.343 e. The van der Waals surface area contributed by atoms with Gasteiger partial charge in [0.05, 0.1) is 5.75 Å². The van der Waals surface area contributed by atoms with Crippen molar-refractivity contribution in [2.75, 3.05) is 10.7 Å². The lowest BCUT2D eigenvalue weighted by atomic mass is 9.97. The summed E-state index contributed by atoms with van der Waals surface area (Å²) in [5.74, 6) is 0.330. The molecule has 1 aromatic carbocycles. The minimum Gasteiger partial charge on any atom is -0.309 e. The number of carbonyl (C=O) groups is 1. The SMILES string of the molecule is CCCCn1c(SCC(=O)N2c3ccccc3CC[C@@H]2C)n[nH]c1=O. The van der Waals surface area contributed by atoms with Crippen LogP contribution in [0.4, 0.5) is 5.69 Å². The van der Waals surface area contributed by atoms with E-state index >= 15 is 0 Å². The fourth-order valence-corrected chi connectivity index (χ4v) is 4.02. The molecule has 0 spiro atoms. The topological polar surface area (TPSA) is 71.0 Å². The summed E-state index contributed by atoms with van der Waals surface area (Å²) in [6.07, 6.45) is 3.89. The van der Waals surface area contributed by atoms with Crippen molar-refractivity contribution in [2.24, 2.45) is 0 Å². The van der Waals surface area contributed by atoms with Crippen molar-refractivity contribution < 1.29 is 4.79 Å². The van der Waals surface area contributed by atoms with Crippen molar-refractivity contribution in [2.45, 2.75) is 57.3 Å². The highest BCUT2D eigenvalue weighted by Gasteiger charge is 2.28. The maximum absolute atomic E-state index is 12.9. The summed E-state index contributed by atoms with van der Waals surface area (Å²) in [6, 6.07) is 8.27. The van der Waals surface area contributed by atoms with Gasteiger partial charge in [-0.2, -0.15) is 0 Å². The van der Waals surface area contributed by atoms with Crippen molar-refractivity contribution in [1.82, 2.24) is 14.8 Å². The van der Waals surface area contributed by atoms with Gasteiger partial charge in [-0.05, 0) is 37.8 Å². The van der Waals surface area contributed by atoms with Crippen LogP contribution in [0.25, 0.3) is 0 Å². The molecule has 1 atom stereocenters. The highest BCUT2D eigenvalue weighted by molar-refractivity contribution is 7.99. The highest BCUT2D eigenvalue weighted by Crippen LogP contribution is 2.31. The first-order valence-electron chi connectivity index (χ1n) is 8.79. The third-order valence-electron chi connectivity index (χ3n) is 4.58. The molecule has 1 N–H and O–H groups in total. The minimum atomic E-state index is -0.208. The Morgan fingerprint density at radius 2 is 2.20 bits per heavy atom. The van der Waals surface area contributed by atoms with Crippen molar-refractivity contribution in [3.63, 3.8) is 0 Å². The van der Waals surface area contributed by atoms with E-state index in [1.54, 1.807) is 4.57 Å². The molecule has 0 saturated heterocycles. The van der Waals surface area contributed by atoms with Gasteiger partial charge in [-0.3, -0.25) is 9.36 Å². The number of hydrogen-bond donors (Lipinski definition) is 1. The van der Waals surface area contributed by atoms with Crippen molar-refractivity contribution in [3.8, 4) is 0 Å². The number of hydrogen-bond acceptors (Lipinski definition) is 4. The molecule has 25 heavy (non-hydrogen) atoms. The van der Waals surface area contributed by atoms with Crippen LogP contribution < -0.4 is 10.6 Å². The molecule has 7 heteroatoms. The molecule has 134 valence electrons. The van der Waals surface area contributed by atoms with Crippen LogP contribution in [0.2, 0.25) is 0 Å². The third-order valence-corrected chi connectivity index (χ3v) is 5.54. The molecule has 0 aliphatic carbocycles. The smallest absolute Gasteiger partial charge is 0.309 e. The summed E-state index contributed by atoms with van der Waals surface area (Å²) in [6.45, 7) is 4.80. The molecule has 2 heterocycles. The van der Waals surface area contributed by atoms with Gasteiger partial charge < -0.3 is 4.90 Å². The Morgan fingerprint density at radius 3 is 3.00 bits per heavy atom. The van der Waals surface area contributed by atoms with Crippen LogP contribution in [0.15, 0.2) is 34.2 Å². The number of nitrogens with zero attached hydrogens (tertiary/aromatic N) is 3. The number of para-hydroxylation sites is 1. The van der Waals surface area contributed by atoms with E-state index in [0.717, 1.165) is 31.4 Å². The van der Waals surface area contributed by atoms with E-state index in [1.807, 2.05) is 23.1 Å². The first kappa shape index (κ1) is 17.8. The Bertz CT molecular complexity index is 798. The number of thioether (sulfide) groups is 1. The maximum atomic E-state index is 12.9. The summed E-state index contributed by atoms with van der Waals surface area (Å²) >= 11 is 1.33. The van der Waals surface area contributed by atoms with E-state index in [2.05, 4.69) is 30.1 Å². The molecule has 6 nitrogen and oxygen atoms in total. The Balaban J connectivity index is 1.72. The van der Waals surface area contributed by atoms with Crippen LogP contribution in [0.5, 0.6) is 0 Å². The fourth-order valence-electron chi connectivity index (χ4n) is 3.19. The Hall–Kier alpha value is -2.02. The van der Waals surface area contributed by atoms with E-state index in [4.69, 9.17) is 0 Å². The molecule has 1 aliphatic rings. The van der Waals surface area contributed by atoms with Crippen molar-refractivity contribution in [1.29, 1.82) is 0 Å². The van der Waals surface area contributed by atoms with Crippen LogP contribution in [-0.4, -0.2) is 32.5 Å². The number of aryl methyl sites for hydroxylation is 1. The molecule has 0 bridgehead atoms. The standard InChI is InChI=1S/C18H24N4O2S/c1-3-4-11-21-17(24)19-20-18(21)25-12-16(23)22-13(2)9-10-14-7-5-6-8-15(14)22/h5-8,13H,3-4,9-12H2,1-2H3,(H,19,24)/t13-/m0/s1. The fraction of sp³-hybridized carbons (Fsp3) is 0.500. The lowest BCUT2D eigenvalue weighted by Crippen LogP contribution is -2.43. The predicted octanol–water partition coefficient (Wildman–Crippen LogP) is 2.83. The zero-order chi connectivity index (χ0) is 17.8. The van der Waals surface area contributed by atoms with E-state index in [-0.39, 0.29) is 23.4 Å². The summed E-state index contributed by atoms with van der Waals surface area (Å²) in [4.78, 5) is 26.6. The molecule has 1 aliphatic heterocycles. The predicted molar refractivity (Wildman–Crippen MR) is 100 cm³/mol. The van der Waals surface area contributed by atoms with Crippen molar-refractivity contribution in [3.05, 3.63) is 40.3 Å². The molecule has 1 amide bonds. The van der Waals surface area contributed by atoms with Gasteiger partial charge in [0.15, 0.2) is 5.16 Å². The Labute approximate surface area is 151 Å². The second-order valence-corrected chi connectivity index (χ2v) is 7.33. The van der Waals surface area contributed by atoms with Crippen LogP contribution in [0.3, 0.4) is 0 Å². The number of fused-ring (bicyclic) bond motifs is 1. The van der Waals surface area contributed by atoms with Crippen LogP contribution in [0, 0.1) is 0 Å². The molecule has 0 unspecified atom stereocenters. The molecular formula is C18H24N4O2S. The number of anilines is 1. The third kappa shape index (κ3) is 3.81. The first-order valence-corrected chi connectivity index (χ1v) is 9.78. The molecule has 1 aromatic heterocycles. The van der Waals surface area contributed by atoms with Crippen LogP contribution in [0.1, 0.15) is 38.7 Å². The second-order valence-electron chi connectivity index (χ2n) is 6.39. The number of nitrogens with one attached hydrogen (secondary N) is 1. The number of unbranched alkanes of at least 4 members (excludes halogenated alkanes) is 1. The zero-order valence-electron chi connectivity index (χ0n) is 14.7. The van der Waals surface area contributed by atoms with E-state index in [9.17, 15) is 9.59 Å². The molecule has 0 fully saturated rings. The highest BCUT2D eigenvalue weighted by atomic mass is 32.2. The lowest BCUT2D eigenvalue weighted by Gasteiger charge is -2.35. The van der Waals surface area contributed by atoms with E-state index < -0.39 is 0 Å². The normalized spacial score (nSPS) is 16.7. The minimum absolute atomic E-state index is 0.0575. The van der Waals surface area contributed by atoms with E-state index in [0.29, 0.717) is 11.7 Å². The number of amides is 1. The summed E-state index contributed by atoms with van der Waals surface area (Å²) in [5.41, 5.74) is 2.02. The number of carbonyl (C=O) groups excluding carboxylic acids is 1. The quantitative estimate of drug-likeness (QED) is 0.804. The maximum Gasteiger partial charge on any atom is 0.343 e. The van der Waals surface area contributed by atoms with Crippen LogP contribution >= 0.6 is 11.8 Å². The zero-order valence-corrected chi connectivity index (χ0v) is 15.5. The Kier molecular flexibility index (Phi) is 5.63. The second kappa shape index (κ2) is 7.91. The summed E-state index contributed by atoms with van der Waals surface area (Å²) in [5, 5.41) is 7.14. The number of aromatic amines is 1. The molecule has 3 rings (SSSR count). The average molecular weight is 360 g/mol. The molecular weight excluding hydrogens is 336 g/mol.